The van der Waals surface area contributed by atoms with E-state index in [1.807, 2.05) is 49.4 Å². The molecule has 0 saturated heterocycles. The predicted molar refractivity (Wildman–Crippen MR) is 117 cm³/mol. The van der Waals surface area contributed by atoms with Gasteiger partial charge in [-0.15, -0.1) is 0 Å². The Morgan fingerprint density at radius 3 is 2.43 bits per heavy atom. The van der Waals surface area contributed by atoms with Crippen LogP contribution < -0.4 is 15.4 Å². The summed E-state index contributed by atoms with van der Waals surface area (Å²) in [5.41, 5.74) is 3.18. The number of hydrogen-bond acceptors (Lipinski definition) is 3. The molecule has 2 N–H and O–H groups in total. The molecule has 0 bridgehead atoms. The fraction of sp³-hybridized carbons (Fsp3) is 0.0909. The van der Waals surface area contributed by atoms with Crippen molar-refractivity contribution in [1.82, 2.24) is 5.32 Å². The molecule has 3 aromatic carbocycles. The Labute approximate surface area is 174 Å². The highest BCUT2D eigenvalue weighted by atomic mass is 35.5. The van der Waals surface area contributed by atoms with Gasteiger partial charge in [-0.25, -0.2) is 0 Å². The summed E-state index contributed by atoms with van der Waals surface area (Å²) in [7, 11) is 0. The van der Waals surface area contributed by atoms with Gasteiger partial charge in [-0.05, 0) is 66.7 Å². The second-order valence-electron chi connectivity index (χ2n) is 6.12. The van der Waals surface area contributed by atoms with E-state index in [-0.39, 0.29) is 11.0 Å². The number of amides is 1. The van der Waals surface area contributed by atoms with Crippen LogP contribution in [-0.4, -0.2) is 11.0 Å². The highest BCUT2D eigenvalue weighted by molar-refractivity contribution is 7.80. The summed E-state index contributed by atoms with van der Waals surface area (Å²) in [6.45, 7) is 2.35. The maximum absolute atomic E-state index is 12.4. The molecule has 0 aliphatic carbocycles. The van der Waals surface area contributed by atoms with E-state index in [2.05, 4.69) is 10.6 Å². The Morgan fingerprint density at radius 1 is 1.00 bits per heavy atom. The second-order valence-corrected chi connectivity index (χ2v) is 6.93. The van der Waals surface area contributed by atoms with Gasteiger partial charge < -0.3 is 10.1 Å². The molecule has 0 fully saturated rings. The smallest absolute Gasteiger partial charge is 0.257 e. The van der Waals surface area contributed by atoms with Crippen molar-refractivity contribution in [2.24, 2.45) is 0 Å². The van der Waals surface area contributed by atoms with E-state index in [0.717, 1.165) is 16.8 Å². The molecule has 0 spiro atoms. The number of halogens is 1. The molecular weight excluding hydrogens is 392 g/mol. The fourth-order valence-electron chi connectivity index (χ4n) is 2.52. The van der Waals surface area contributed by atoms with Gasteiger partial charge in [0.05, 0.1) is 0 Å². The van der Waals surface area contributed by atoms with E-state index in [4.69, 9.17) is 28.6 Å². The average Bonchev–Trinajstić information content (AvgIpc) is 2.71. The lowest BCUT2D eigenvalue weighted by Gasteiger charge is -2.12. The Balaban J connectivity index is 1.55. The van der Waals surface area contributed by atoms with Gasteiger partial charge in [0.25, 0.3) is 5.91 Å². The van der Waals surface area contributed by atoms with Crippen molar-refractivity contribution in [3.05, 3.63) is 94.5 Å². The minimum absolute atomic E-state index is 0.208. The van der Waals surface area contributed by atoms with Gasteiger partial charge in [0.15, 0.2) is 5.11 Å². The standard InChI is InChI=1S/C22H19ClN2O2S/c1-15-19(23)8-5-9-20(15)24-22(28)25-21(26)17-10-12-18(13-11-17)27-14-16-6-3-2-4-7-16/h2-13H,14H2,1H3,(H2,24,25,26,28). The van der Waals surface area contributed by atoms with Crippen LogP contribution in [0.2, 0.25) is 5.02 Å². The number of thiocarbonyl (C=S) groups is 1. The van der Waals surface area contributed by atoms with Crippen LogP contribution in [0.1, 0.15) is 21.5 Å². The van der Waals surface area contributed by atoms with Crippen LogP contribution in [0.25, 0.3) is 0 Å². The highest BCUT2D eigenvalue weighted by Crippen LogP contribution is 2.22. The Morgan fingerprint density at radius 2 is 1.71 bits per heavy atom. The van der Waals surface area contributed by atoms with Gasteiger partial charge in [0.1, 0.15) is 12.4 Å². The van der Waals surface area contributed by atoms with Gasteiger partial charge in [0.2, 0.25) is 0 Å². The first-order valence-electron chi connectivity index (χ1n) is 8.67. The van der Waals surface area contributed by atoms with Crippen LogP contribution in [0.15, 0.2) is 72.8 Å². The molecule has 142 valence electrons. The van der Waals surface area contributed by atoms with Crippen molar-refractivity contribution >= 4 is 40.5 Å². The third-order valence-corrected chi connectivity index (χ3v) is 4.72. The number of anilines is 1. The molecule has 3 aromatic rings. The number of nitrogens with one attached hydrogen (secondary N) is 2. The average molecular weight is 411 g/mol. The predicted octanol–water partition coefficient (Wildman–Crippen LogP) is 5.35. The zero-order valence-electron chi connectivity index (χ0n) is 15.2. The largest absolute Gasteiger partial charge is 0.489 e. The summed E-state index contributed by atoms with van der Waals surface area (Å²) < 4.78 is 5.73. The number of carbonyl (C=O) groups excluding carboxylic acids is 1. The van der Waals surface area contributed by atoms with E-state index >= 15 is 0 Å². The van der Waals surface area contributed by atoms with Gasteiger partial charge in [0, 0.05) is 16.3 Å². The summed E-state index contributed by atoms with van der Waals surface area (Å²) in [5, 5.41) is 6.50. The van der Waals surface area contributed by atoms with Crippen molar-refractivity contribution in [2.45, 2.75) is 13.5 Å². The molecule has 0 aromatic heterocycles. The lowest BCUT2D eigenvalue weighted by Crippen LogP contribution is -2.34. The van der Waals surface area contributed by atoms with Crippen molar-refractivity contribution in [3.63, 3.8) is 0 Å². The molecule has 28 heavy (non-hydrogen) atoms. The molecule has 6 heteroatoms. The van der Waals surface area contributed by atoms with Crippen LogP contribution in [-0.2, 0) is 6.61 Å². The molecule has 3 rings (SSSR count). The number of hydrogen-bond donors (Lipinski definition) is 2. The zero-order chi connectivity index (χ0) is 19.9. The van der Waals surface area contributed by atoms with Crippen LogP contribution in [0.3, 0.4) is 0 Å². The Kier molecular flexibility index (Phi) is 6.63. The second kappa shape index (κ2) is 9.35. The number of ether oxygens (including phenoxy) is 1. The maximum atomic E-state index is 12.4. The molecule has 1 amide bonds. The first-order chi connectivity index (χ1) is 13.5. The van der Waals surface area contributed by atoms with E-state index in [1.165, 1.54) is 0 Å². The molecular formula is C22H19ClN2O2S. The molecule has 0 unspecified atom stereocenters. The first kappa shape index (κ1) is 19.9. The number of benzene rings is 3. The van der Waals surface area contributed by atoms with Crippen molar-refractivity contribution in [1.29, 1.82) is 0 Å². The van der Waals surface area contributed by atoms with Gasteiger partial charge >= 0.3 is 0 Å². The summed E-state index contributed by atoms with van der Waals surface area (Å²) in [5.74, 6) is 0.391. The van der Waals surface area contributed by atoms with Crippen LogP contribution in [0.4, 0.5) is 5.69 Å². The van der Waals surface area contributed by atoms with Gasteiger partial charge in [-0.3, -0.25) is 10.1 Å². The Bertz CT molecular complexity index is 976. The number of rotatable bonds is 5. The molecule has 0 saturated carbocycles. The lowest BCUT2D eigenvalue weighted by atomic mass is 10.2. The molecule has 0 aliphatic rings. The van der Waals surface area contributed by atoms with E-state index in [9.17, 15) is 4.79 Å². The maximum Gasteiger partial charge on any atom is 0.257 e. The van der Waals surface area contributed by atoms with Crippen LogP contribution >= 0.6 is 23.8 Å². The molecule has 0 aliphatic heterocycles. The van der Waals surface area contributed by atoms with E-state index in [1.54, 1.807) is 30.3 Å². The van der Waals surface area contributed by atoms with Crippen LogP contribution in [0.5, 0.6) is 5.75 Å². The quantitative estimate of drug-likeness (QED) is 0.556. The topological polar surface area (TPSA) is 50.4 Å². The SMILES string of the molecule is Cc1c(Cl)cccc1NC(=S)NC(=O)c1ccc(OCc2ccccc2)cc1. The summed E-state index contributed by atoms with van der Waals surface area (Å²) in [6, 6.07) is 22.3. The summed E-state index contributed by atoms with van der Waals surface area (Å²) in [6.07, 6.45) is 0. The minimum Gasteiger partial charge on any atom is -0.489 e. The van der Waals surface area contributed by atoms with Gasteiger partial charge in [-0.2, -0.15) is 0 Å². The third-order valence-electron chi connectivity index (χ3n) is 4.11. The van der Waals surface area contributed by atoms with Crippen molar-refractivity contribution < 1.29 is 9.53 Å². The summed E-state index contributed by atoms with van der Waals surface area (Å²) in [4.78, 5) is 12.4. The first-order valence-corrected chi connectivity index (χ1v) is 9.46. The fourth-order valence-corrected chi connectivity index (χ4v) is 2.89. The lowest BCUT2D eigenvalue weighted by molar-refractivity contribution is 0.0977. The number of carbonyl (C=O) groups is 1. The van der Waals surface area contributed by atoms with Crippen molar-refractivity contribution in [3.8, 4) is 5.75 Å². The highest BCUT2D eigenvalue weighted by Gasteiger charge is 2.10. The van der Waals surface area contributed by atoms with Crippen LogP contribution in [0, 0.1) is 6.92 Å². The summed E-state index contributed by atoms with van der Waals surface area (Å²) >= 11 is 11.3. The third kappa shape index (κ3) is 5.31. The van der Waals surface area contributed by atoms with E-state index in [0.29, 0.717) is 22.9 Å². The monoisotopic (exact) mass is 410 g/mol. The Hall–Kier alpha value is -2.89. The minimum atomic E-state index is -0.299. The molecule has 0 atom stereocenters. The molecule has 0 heterocycles. The van der Waals surface area contributed by atoms with Crippen molar-refractivity contribution in [2.75, 3.05) is 5.32 Å². The molecule has 0 radical (unpaired) electrons. The normalized spacial score (nSPS) is 10.2. The zero-order valence-corrected chi connectivity index (χ0v) is 16.8. The van der Waals surface area contributed by atoms with Gasteiger partial charge in [-0.1, -0.05) is 48.0 Å². The van der Waals surface area contributed by atoms with E-state index < -0.39 is 0 Å². The molecule has 4 nitrogen and oxygen atoms in total.